The summed E-state index contributed by atoms with van der Waals surface area (Å²) in [6.45, 7) is 7.89. The van der Waals surface area contributed by atoms with Crippen molar-refractivity contribution in [1.29, 1.82) is 0 Å². The van der Waals surface area contributed by atoms with Crippen molar-refractivity contribution in [2.24, 2.45) is 0 Å². The van der Waals surface area contributed by atoms with Crippen molar-refractivity contribution in [1.82, 2.24) is 4.90 Å². The number of nitrogens with one attached hydrogen (secondary N) is 1. The highest BCUT2D eigenvalue weighted by Crippen LogP contribution is 2.37. The number of likely N-dealkylation sites (tertiary alicyclic amines) is 1. The number of piperidine rings is 1. The quantitative estimate of drug-likeness (QED) is 0.542. The molecule has 1 saturated heterocycles. The Hall–Kier alpha value is -1.26. The maximum atomic E-state index is 9.96. The average Bonchev–Trinajstić information content (AvgIpc) is 2.66. The number of phenolic OH excluding ortho intramolecular Hbond substituents is 1. The van der Waals surface area contributed by atoms with Gasteiger partial charge >= 0.3 is 0 Å². The molecule has 4 heteroatoms. The molecule has 4 nitrogen and oxygen atoms in total. The Morgan fingerprint density at radius 2 is 1.85 bits per heavy atom. The summed E-state index contributed by atoms with van der Waals surface area (Å²) in [5, 5.41) is 13.5. The van der Waals surface area contributed by atoms with Crippen LogP contribution in [0.2, 0.25) is 0 Å². The molecule has 2 N–H and O–H groups in total. The Morgan fingerprint density at radius 1 is 1.15 bits per heavy atom. The maximum absolute atomic E-state index is 9.96. The van der Waals surface area contributed by atoms with Crippen molar-refractivity contribution >= 4 is 5.69 Å². The third-order valence-electron chi connectivity index (χ3n) is 6.38. The zero-order chi connectivity index (χ0) is 18.4. The van der Waals surface area contributed by atoms with Gasteiger partial charge < -0.3 is 15.2 Å². The molecule has 1 aromatic carbocycles. The van der Waals surface area contributed by atoms with Crippen LogP contribution in [-0.2, 0) is 4.74 Å². The molecule has 1 saturated carbocycles. The topological polar surface area (TPSA) is 44.7 Å². The lowest BCUT2D eigenvalue weighted by atomic mass is 9.79. The van der Waals surface area contributed by atoms with Gasteiger partial charge in [-0.25, -0.2) is 0 Å². The van der Waals surface area contributed by atoms with Crippen molar-refractivity contribution in [3.8, 4) is 5.75 Å². The molecular weight excluding hydrogens is 324 g/mol. The molecule has 1 aliphatic carbocycles. The zero-order valence-corrected chi connectivity index (χ0v) is 16.5. The first kappa shape index (κ1) is 19.5. The number of unbranched alkanes of at least 4 members (excludes halogenated alkanes) is 1. The van der Waals surface area contributed by atoms with E-state index >= 15 is 0 Å². The molecule has 2 fully saturated rings. The number of anilines is 1. The summed E-state index contributed by atoms with van der Waals surface area (Å²) in [6, 6.07) is 8.00. The normalized spacial score (nSPS) is 28.2. The fourth-order valence-electron chi connectivity index (χ4n) is 4.47. The van der Waals surface area contributed by atoms with E-state index in [0.717, 1.165) is 38.2 Å². The number of ether oxygens (including phenoxy) is 1. The largest absolute Gasteiger partial charge is 0.506 e. The van der Waals surface area contributed by atoms with Crippen LogP contribution in [0.4, 0.5) is 5.69 Å². The molecule has 0 spiro atoms. The molecule has 26 heavy (non-hydrogen) atoms. The van der Waals surface area contributed by atoms with Crippen LogP contribution in [0.25, 0.3) is 0 Å². The predicted octanol–water partition coefficient (Wildman–Crippen LogP) is 4.79. The molecule has 0 unspecified atom stereocenters. The summed E-state index contributed by atoms with van der Waals surface area (Å²) in [5.74, 6) is 0.350. The molecule has 0 amide bonds. The average molecular weight is 361 g/mol. The summed E-state index contributed by atoms with van der Waals surface area (Å²) >= 11 is 0. The molecule has 0 atom stereocenters. The summed E-state index contributed by atoms with van der Waals surface area (Å²) in [5.41, 5.74) is 1.20. The van der Waals surface area contributed by atoms with E-state index in [4.69, 9.17) is 4.74 Å². The fourth-order valence-corrected chi connectivity index (χ4v) is 4.47. The molecule has 146 valence electrons. The van der Waals surface area contributed by atoms with Gasteiger partial charge in [0.25, 0.3) is 0 Å². The second kappa shape index (κ2) is 9.09. The van der Waals surface area contributed by atoms with Crippen molar-refractivity contribution in [3.05, 3.63) is 24.3 Å². The zero-order valence-electron chi connectivity index (χ0n) is 16.5. The number of aromatic hydroxyl groups is 1. The Morgan fingerprint density at radius 3 is 2.50 bits per heavy atom. The van der Waals surface area contributed by atoms with E-state index in [1.54, 1.807) is 6.07 Å². The van der Waals surface area contributed by atoms with Crippen LogP contribution in [0.5, 0.6) is 5.75 Å². The van der Waals surface area contributed by atoms with E-state index in [0.29, 0.717) is 23.4 Å². The van der Waals surface area contributed by atoms with Gasteiger partial charge in [-0.3, -0.25) is 4.90 Å². The van der Waals surface area contributed by atoms with Gasteiger partial charge in [0.1, 0.15) is 5.75 Å². The van der Waals surface area contributed by atoms with Crippen LogP contribution in [-0.4, -0.2) is 47.4 Å². The Bertz CT molecular complexity index is 547. The molecule has 3 rings (SSSR count). The lowest BCUT2D eigenvalue weighted by Gasteiger charge is -2.48. The van der Waals surface area contributed by atoms with Gasteiger partial charge in [-0.15, -0.1) is 0 Å². The van der Waals surface area contributed by atoms with Crippen molar-refractivity contribution in [2.45, 2.75) is 82.9 Å². The standard InChI is InChI=1S/C22H36N2O2/c1-3-4-17-26-19-9-13-22(2,14-10-19)24-15-11-18(12-16-24)23-20-7-5-6-8-21(20)25/h5-8,18-19,23,25H,3-4,9-17H2,1-2H3. The van der Waals surface area contributed by atoms with Crippen LogP contribution >= 0.6 is 0 Å². The Balaban J connectivity index is 1.44. The van der Waals surface area contributed by atoms with Crippen LogP contribution in [0.3, 0.4) is 0 Å². The van der Waals surface area contributed by atoms with Gasteiger partial charge in [0.2, 0.25) is 0 Å². The van der Waals surface area contributed by atoms with Crippen LogP contribution in [0, 0.1) is 0 Å². The molecule has 1 aliphatic heterocycles. The van der Waals surface area contributed by atoms with Gasteiger partial charge in [-0.05, 0) is 64.0 Å². The van der Waals surface area contributed by atoms with E-state index in [1.807, 2.05) is 18.2 Å². The minimum atomic E-state index is 0.338. The van der Waals surface area contributed by atoms with Gasteiger partial charge in [-0.1, -0.05) is 25.5 Å². The molecular formula is C22H36N2O2. The molecule has 0 aromatic heterocycles. The minimum Gasteiger partial charge on any atom is -0.506 e. The van der Waals surface area contributed by atoms with Gasteiger partial charge in [0, 0.05) is 31.3 Å². The lowest BCUT2D eigenvalue weighted by molar-refractivity contribution is -0.0286. The second-order valence-electron chi connectivity index (χ2n) is 8.34. The Labute approximate surface area is 158 Å². The first-order chi connectivity index (χ1) is 12.6. The summed E-state index contributed by atoms with van der Waals surface area (Å²) < 4.78 is 6.05. The molecule has 1 heterocycles. The molecule has 0 bridgehead atoms. The first-order valence-electron chi connectivity index (χ1n) is 10.5. The van der Waals surface area contributed by atoms with E-state index < -0.39 is 0 Å². The summed E-state index contributed by atoms with van der Waals surface area (Å²) in [4.78, 5) is 2.71. The smallest absolute Gasteiger partial charge is 0.138 e. The Kier molecular flexibility index (Phi) is 6.82. The highest BCUT2D eigenvalue weighted by atomic mass is 16.5. The van der Waals surface area contributed by atoms with E-state index in [2.05, 4.69) is 24.1 Å². The van der Waals surface area contributed by atoms with Crippen molar-refractivity contribution in [3.63, 3.8) is 0 Å². The van der Waals surface area contributed by atoms with Gasteiger partial charge in [0.15, 0.2) is 0 Å². The molecule has 1 aromatic rings. The number of hydrogen-bond acceptors (Lipinski definition) is 4. The SMILES string of the molecule is CCCCOC1CCC(C)(N2CCC(Nc3ccccc3O)CC2)CC1. The maximum Gasteiger partial charge on any atom is 0.138 e. The van der Waals surface area contributed by atoms with E-state index in [1.165, 1.54) is 38.5 Å². The molecule has 0 radical (unpaired) electrons. The third kappa shape index (κ3) is 4.92. The van der Waals surface area contributed by atoms with Crippen molar-refractivity contribution < 1.29 is 9.84 Å². The van der Waals surface area contributed by atoms with Crippen molar-refractivity contribution in [2.75, 3.05) is 25.0 Å². The first-order valence-corrected chi connectivity index (χ1v) is 10.5. The highest BCUT2D eigenvalue weighted by molar-refractivity contribution is 5.55. The van der Waals surface area contributed by atoms with Gasteiger partial charge in [-0.2, -0.15) is 0 Å². The summed E-state index contributed by atoms with van der Waals surface area (Å²) in [7, 11) is 0. The lowest BCUT2D eigenvalue weighted by Crippen LogP contribution is -2.53. The predicted molar refractivity (Wildman–Crippen MR) is 108 cm³/mol. The van der Waals surface area contributed by atoms with E-state index in [9.17, 15) is 5.11 Å². The minimum absolute atomic E-state index is 0.338. The number of nitrogens with zero attached hydrogens (tertiary/aromatic N) is 1. The fraction of sp³-hybridized carbons (Fsp3) is 0.727. The number of rotatable bonds is 7. The van der Waals surface area contributed by atoms with Gasteiger partial charge in [0.05, 0.1) is 11.8 Å². The number of benzene rings is 1. The number of phenols is 1. The number of para-hydroxylation sites is 2. The van der Waals surface area contributed by atoms with E-state index in [-0.39, 0.29) is 0 Å². The second-order valence-corrected chi connectivity index (χ2v) is 8.34. The van der Waals surface area contributed by atoms with Crippen LogP contribution < -0.4 is 5.32 Å². The van der Waals surface area contributed by atoms with Crippen LogP contribution in [0.15, 0.2) is 24.3 Å². The van der Waals surface area contributed by atoms with Crippen LogP contribution in [0.1, 0.15) is 65.2 Å². The monoisotopic (exact) mass is 360 g/mol. The molecule has 2 aliphatic rings. The third-order valence-corrected chi connectivity index (χ3v) is 6.38. The number of hydrogen-bond donors (Lipinski definition) is 2. The highest BCUT2D eigenvalue weighted by Gasteiger charge is 2.38. The summed E-state index contributed by atoms with van der Waals surface area (Å²) in [6.07, 6.45) is 10.1.